The SMILES string of the molecule is CC(=O)NCCn1c(=S)[nH]c2cc(Br)ccc21. The van der Waals surface area contributed by atoms with Gasteiger partial charge in [-0.1, -0.05) is 15.9 Å². The first-order valence-corrected chi connectivity index (χ1v) is 6.40. The van der Waals surface area contributed by atoms with Crippen molar-refractivity contribution in [2.75, 3.05) is 6.54 Å². The summed E-state index contributed by atoms with van der Waals surface area (Å²) in [5, 5.41) is 2.76. The number of nitrogens with one attached hydrogen (secondary N) is 2. The maximum absolute atomic E-state index is 10.8. The van der Waals surface area contributed by atoms with Crippen LogP contribution in [-0.2, 0) is 11.3 Å². The number of nitrogens with zero attached hydrogens (tertiary/aromatic N) is 1. The second-order valence-corrected chi connectivity index (χ2v) is 5.03. The van der Waals surface area contributed by atoms with Crippen molar-refractivity contribution in [3.8, 4) is 0 Å². The summed E-state index contributed by atoms with van der Waals surface area (Å²) in [7, 11) is 0. The molecule has 2 N–H and O–H groups in total. The summed E-state index contributed by atoms with van der Waals surface area (Å²) in [6, 6.07) is 5.96. The molecule has 0 unspecified atom stereocenters. The number of aromatic amines is 1. The van der Waals surface area contributed by atoms with Crippen LogP contribution in [0.2, 0.25) is 0 Å². The lowest BCUT2D eigenvalue weighted by molar-refractivity contribution is -0.118. The van der Waals surface area contributed by atoms with Crippen molar-refractivity contribution in [1.29, 1.82) is 0 Å². The number of hydrogen-bond donors (Lipinski definition) is 2. The van der Waals surface area contributed by atoms with Crippen molar-refractivity contribution in [2.24, 2.45) is 0 Å². The summed E-state index contributed by atoms with van der Waals surface area (Å²) >= 11 is 8.67. The number of hydrogen-bond acceptors (Lipinski definition) is 2. The Labute approximate surface area is 112 Å². The van der Waals surface area contributed by atoms with Gasteiger partial charge in [-0.3, -0.25) is 4.79 Å². The second-order valence-electron chi connectivity index (χ2n) is 3.73. The molecule has 0 atom stereocenters. The Balaban J connectivity index is 2.30. The lowest BCUT2D eigenvalue weighted by Crippen LogP contribution is -2.24. The molecule has 0 bridgehead atoms. The molecule has 1 heterocycles. The van der Waals surface area contributed by atoms with E-state index in [4.69, 9.17) is 12.2 Å². The van der Waals surface area contributed by atoms with Gasteiger partial charge in [-0.05, 0) is 30.4 Å². The number of H-pyrrole nitrogens is 1. The molecule has 6 heteroatoms. The number of aromatic nitrogens is 2. The molecule has 0 aliphatic rings. The van der Waals surface area contributed by atoms with Gasteiger partial charge < -0.3 is 14.9 Å². The number of benzene rings is 1. The fourth-order valence-corrected chi connectivity index (χ4v) is 2.36. The molecule has 2 aromatic rings. The summed E-state index contributed by atoms with van der Waals surface area (Å²) in [5.74, 6) is -0.0286. The van der Waals surface area contributed by atoms with E-state index in [1.54, 1.807) is 0 Å². The van der Waals surface area contributed by atoms with Gasteiger partial charge in [-0.2, -0.15) is 0 Å². The first kappa shape index (κ1) is 12.3. The average Bonchev–Trinajstić information content (AvgIpc) is 2.54. The summed E-state index contributed by atoms with van der Waals surface area (Å²) < 4.78 is 3.66. The van der Waals surface area contributed by atoms with E-state index in [2.05, 4.69) is 26.2 Å². The molecule has 0 spiro atoms. The minimum atomic E-state index is -0.0286. The number of carbonyl (C=O) groups excluding carboxylic acids is 1. The van der Waals surface area contributed by atoms with Gasteiger partial charge in [-0.25, -0.2) is 0 Å². The van der Waals surface area contributed by atoms with E-state index in [0.29, 0.717) is 17.9 Å². The quantitative estimate of drug-likeness (QED) is 0.856. The topological polar surface area (TPSA) is 49.8 Å². The molecule has 0 aliphatic carbocycles. The molecular weight excluding hydrogens is 302 g/mol. The van der Waals surface area contributed by atoms with Gasteiger partial charge in [-0.15, -0.1) is 0 Å². The van der Waals surface area contributed by atoms with E-state index in [0.717, 1.165) is 15.5 Å². The Kier molecular flexibility index (Phi) is 3.63. The molecule has 17 heavy (non-hydrogen) atoms. The first-order chi connectivity index (χ1) is 8.08. The van der Waals surface area contributed by atoms with Crippen molar-refractivity contribution in [2.45, 2.75) is 13.5 Å². The maximum Gasteiger partial charge on any atom is 0.216 e. The van der Waals surface area contributed by atoms with Gasteiger partial charge in [0.25, 0.3) is 0 Å². The third-order valence-corrected chi connectivity index (χ3v) is 3.26. The minimum absolute atomic E-state index is 0.0286. The highest BCUT2D eigenvalue weighted by atomic mass is 79.9. The molecule has 0 saturated heterocycles. The van der Waals surface area contributed by atoms with Crippen LogP contribution < -0.4 is 5.32 Å². The van der Waals surface area contributed by atoms with E-state index >= 15 is 0 Å². The summed E-state index contributed by atoms with van der Waals surface area (Å²) in [6.45, 7) is 2.75. The van der Waals surface area contributed by atoms with Crippen LogP contribution in [-0.4, -0.2) is 22.0 Å². The number of carbonyl (C=O) groups is 1. The van der Waals surface area contributed by atoms with Crippen molar-refractivity contribution in [1.82, 2.24) is 14.9 Å². The van der Waals surface area contributed by atoms with E-state index in [9.17, 15) is 4.79 Å². The van der Waals surface area contributed by atoms with Gasteiger partial charge in [0.15, 0.2) is 4.77 Å². The molecule has 1 aromatic carbocycles. The van der Waals surface area contributed by atoms with Crippen molar-refractivity contribution in [3.63, 3.8) is 0 Å². The van der Waals surface area contributed by atoms with Crippen LogP contribution in [0.3, 0.4) is 0 Å². The van der Waals surface area contributed by atoms with Gasteiger partial charge in [0.05, 0.1) is 11.0 Å². The largest absolute Gasteiger partial charge is 0.355 e. The number of amides is 1. The molecule has 4 nitrogen and oxygen atoms in total. The second kappa shape index (κ2) is 5.01. The molecule has 0 radical (unpaired) electrons. The average molecular weight is 314 g/mol. The number of imidazole rings is 1. The normalized spacial score (nSPS) is 10.7. The number of fused-ring (bicyclic) bond motifs is 1. The highest BCUT2D eigenvalue weighted by molar-refractivity contribution is 9.10. The molecule has 0 saturated carbocycles. The van der Waals surface area contributed by atoms with Crippen LogP contribution in [0.5, 0.6) is 0 Å². The van der Waals surface area contributed by atoms with Crippen LogP contribution in [0.1, 0.15) is 6.92 Å². The maximum atomic E-state index is 10.8. The van der Waals surface area contributed by atoms with Crippen molar-refractivity contribution < 1.29 is 4.79 Å². The molecule has 1 amide bonds. The van der Waals surface area contributed by atoms with Crippen LogP contribution in [0.15, 0.2) is 22.7 Å². The summed E-state index contributed by atoms with van der Waals surface area (Å²) in [6.07, 6.45) is 0. The van der Waals surface area contributed by atoms with E-state index in [1.165, 1.54) is 6.92 Å². The Morgan fingerprint density at radius 3 is 3.06 bits per heavy atom. The molecule has 0 aliphatic heterocycles. The fourth-order valence-electron chi connectivity index (χ4n) is 1.70. The molecule has 90 valence electrons. The zero-order chi connectivity index (χ0) is 12.4. The third-order valence-electron chi connectivity index (χ3n) is 2.45. The Hall–Kier alpha value is -1.14. The van der Waals surface area contributed by atoms with Crippen LogP contribution in [0.25, 0.3) is 11.0 Å². The Morgan fingerprint density at radius 1 is 1.59 bits per heavy atom. The third kappa shape index (κ3) is 2.76. The Morgan fingerprint density at radius 2 is 2.35 bits per heavy atom. The molecule has 1 aromatic heterocycles. The Bertz CT molecular complexity index is 617. The van der Waals surface area contributed by atoms with Crippen molar-refractivity contribution >= 4 is 45.1 Å². The predicted octanol–water partition coefficient (Wildman–Crippen LogP) is 2.60. The smallest absolute Gasteiger partial charge is 0.216 e. The van der Waals surface area contributed by atoms with E-state index in [-0.39, 0.29) is 5.91 Å². The predicted molar refractivity (Wildman–Crippen MR) is 73.5 cm³/mol. The molecule has 2 rings (SSSR count). The van der Waals surface area contributed by atoms with Gasteiger partial charge in [0.1, 0.15) is 0 Å². The lowest BCUT2D eigenvalue weighted by atomic mass is 10.3. The van der Waals surface area contributed by atoms with E-state index in [1.807, 2.05) is 22.8 Å². The zero-order valence-electron chi connectivity index (χ0n) is 9.29. The molecule has 0 fully saturated rings. The summed E-state index contributed by atoms with van der Waals surface area (Å²) in [4.78, 5) is 13.9. The van der Waals surface area contributed by atoms with Crippen molar-refractivity contribution in [3.05, 3.63) is 27.4 Å². The number of halogens is 1. The highest BCUT2D eigenvalue weighted by Gasteiger charge is 2.04. The standard InChI is InChI=1S/C11H12BrN3OS/c1-7(16)13-4-5-15-10-3-2-8(12)6-9(10)14-11(15)17/h2-3,6H,4-5H2,1H3,(H,13,16)(H,14,17). The highest BCUT2D eigenvalue weighted by Crippen LogP contribution is 2.19. The van der Waals surface area contributed by atoms with Gasteiger partial charge in [0, 0.05) is 24.5 Å². The van der Waals surface area contributed by atoms with Crippen LogP contribution >= 0.6 is 28.1 Å². The number of rotatable bonds is 3. The van der Waals surface area contributed by atoms with E-state index < -0.39 is 0 Å². The van der Waals surface area contributed by atoms with Crippen LogP contribution in [0, 0.1) is 4.77 Å². The van der Waals surface area contributed by atoms with Crippen LogP contribution in [0.4, 0.5) is 0 Å². The first-order valence-electron chi connectivity index (χ1n) is 5.20. The minimum Gasteiger partial charge on any atom is -0.355 e. The lowest BCUT2D eigenvalue weighted by Gasteiger charge is -2.05. The van der Waals surface area contributed by atoms with Gasteiger partial charge >= 0.3 is 0 Å². The summed E-state index contributed by atoms with van der Waals surface area (Å²) in [5.41, 5.74) is 2.04. The fraction of sp³-hybridized carbons (Fsp3) is 0.273. The van der Waals surface area contributed by atoms with Gasteiger partial charge in [0.2, 0.25) is 5.91 Å². The monoisotopic (exact) mass is 313 g/mol. The zero-order valence-corrected chi connectivity index (χ0v) is 11.7. The molecular formula is C11H12BrN3OS.